The zero-order valence-corrected chi connectivity index (χ0v) is 9.71. The molecule has 0 saturated heterocycles. The van der Waals surface area contributed by atoms with E-state index in [1.54, 1.807) is 11.3 Å². The monoisotopic (exact) mass is 222 g/mol. The molecule has 0 aliphatic heterocycles. The summed E-state index contributed by atoms with van der Waals surface area (Å²) in [6.45, 7) is 0.264. The molecule has 60 valence electrons. The largest absolute Gasteiger partial charge is 0.618 e. The fourth-order valence-corrected chi connectivity index (χ4v) is 1.26. The normalized spacial score (nSPS) is 7.91. The van der Waals surface area contributed by atoms with Crippen molar-refractivity contribution in [1.29, 1.82) is 0 Å². The third-order valence-corrected chi connectivity index (χ3v) is 1.87. The van der Waals surface area contributed by atoms with Gasteiger partial charge in [-0.05, 0) is 11.4 Å². The Labute approximate surface area is 87.6 Å². The second-order valence-electron chi connectivity index (χ2n) is 1.65. The molecule has 0 spiro atoms. The quantitative estimate of drug-likeness (QED) is 0.763. The van der Waals surface area contributed by atoms with E-state index in [1.165, 1.54) is 4.88 Å². The van der Waals surface area contributed by atoms with Crippen molar-refractivity contribution < 1.29 is 5.11 Å². The van der Waals surface area contributed by atoms with E-state index in [-0.39, 0.29) is 6.61 Å². The Balaban J connectivity index is 0.000000292. The molecule has 0 saturated carbocycles. The molecule has 1 rings (SSSR count). The first kappa shape index (κ1) is 12.0. The van der Waals surface area contributed by atoms with E-state index in [4.69, 9.17) is 23.2 Å². The Bertz CT molecular complexity index is 158. The summed E-state index contributed by atoms with van der Waals surface area (Å²) in [5, 5.41) is 10.5. The molecule has 1 heterocycles. The zero-order valence-electron chi connectivity index (χ0n) is 5.96. The first-order valence-corrected chi connectivity index (χ1v) is 8.26. The average Bonchev–Trinajstić information content (AvgIpc) is 2.42. The molecule has 5 heteroatoms. The number of aliphatic hydroxyl groups excluding tert-OH is 1. The lowest BCUT2D eigenvalue weighted by atomic mass is 10.4. The van der Waals surface area contributed by atoms with Crippen LogP contribution in [-0.4, -0.2) is 29.9 Å². The van der Waals surface area contributed by atoms with Crippen molar-refractivity contribution in [3.8, 4) is 0 Å². The van der Waals surface area contributed by atoms with Crippen LogP contribution in [0, 0.1) is 0 Å². The fraction of sp³-hybridized carbons (Fsp3) is 0.333. The molecule has 0 aliphatic rings. The molecule has 11 heavy (non-hydrogen) atoms. The summed E-state index contributed by atoms with van der Waals surface area (Å²) in [4.78, 5) is 1.26. The lowest BCUT2D eigenvalue weighted by Crippen LogP contribution is -1.84. The Kier molecular flexibility index (Phi) is 9.93. The van der Waals surface area contributed by atoms with Crippen LogP contribution in [0.4, 0.5) is 0 Å². The van der Waals surface area contributed by atoms with Crippen LogP contribution in [0.15, 0.2) is 17.5 Å². The minimum Gasteiger partial charge on any atom is -0.396 e. The molecule has 0 aliphatic carbocycles. The van der Waals surface area contributed by atoms with E-state index in [0.29, 0.717) is 0 Å². The first-order chi connectivity index (χ1) is 5.35. The molecule has 1 aromatic rings. The van der Waals surface area contributed by atoms with Crippen molar-refractivity contribution in [3.05, 3.63) is 22.4 Å². The first-order valence-electron chi connectivity index (χ1n) is 3.10. The summed E-state index contributed by atoms with van der Waals surface area (Å²) in [5.74, 6) is 0. The van der Waals surface area contributed by atoms with Gasteiger partial charge in [-0.3, -0.25) is 0 Å². The van der Waals surface area contributed by atoms with Gasteiger partial charge in [-0.25, -0.2) is 0 Å². The van der Waals surface area contributed by atoms with Gasteiger partial charge in [0.2, 0.25) is 0 Å². The van der Waals surface area contributed by atoms with Crippen molar-refractivity contribution in [1.82, 2.24) is 0 Å². The maximum absolute atomic E-state index is 8.44. The average molecular weight is 223 g/mol. The zero-order chi connectivity index (χ0) is 8.53. The number of thiophene rings is 1. The fourth-order valence-electron chi connectivity index (χ4n) is 0.565. The van der Waals surface area contributed by atoms with Gasteiger partial charge in [0.15, 0.2) is 0 Å². The number of rotatable bonds is 2. The van der Waals surface area contributed by atoms with Crippen molar-refractivity contribution >= 4 is 47.6 Å². The molecule has 1 nitrogen and oxygen atoms in total. The van der Waals surface area contributed by atoms with Crippen molar-refractivity contribution in [2.45, 2.75) is 6.42 Å². The lowest BCUT2D eigenvalue weighted by Gasteiger charge is -1.85. The second kappa shape index (κ2) is 9.10. The Morgan fingerprint density at radius 1 is 1.55 bits per heavy atom. The molecule has 1 aromatic heterocycles. The maximum Gasteiger partial charge on any atom is 0.618 e. The summed E-state index contributed by atoms with van der Waals surface area (Å²) in [6.07, 6.45) is 0.803. The highest BCUT2D eigenvalue weighted by atomic mass is 35.6. The summed E-state index contributed by atoms with van der Waals surface area (Å²) >= 11 is 1.05. The molecule has 0 atom stereocenters. The van der Waals surface area contributed by atoms with Crippen LogP contribution in [0.25, 0.3) is 0 Å². The number of aliphatic hydroxyl groups is 1. The SMILES string of the molecule is OCCc1cccs1.[Cl][Mg][Cl]. The highest BCUT2D eigenvalue weighted by Gasteiger charge is 1.87. The standard InChI is InChI=1S/C6H8OS.2ClH.Mg/c7-4-3-6-2-1-5-8-6;;;/h1-2,5,7H,3-4H2;2*1H;/q;;;+2/p-2. The number of hydrogen-bond acceptors (Lipinski definition) is 2. The summed E-state index contributed by atoms with van der Waals surface area (Å²) in [5.41, 5.74) is 0. The topological polar surface area (TPSA) is 20.2 Å². The summed E-state index contributed by atoms with van der Waals surface area (Å²) in [7, 11) is 9.81. The Morgan fingerprint density at radius 3 is 2.55 bits per heavy atom. The van der Waals surface area contributed by atoms with E-state index in [0.717, 1.165) is 6.42 Å². The van der Waals surface area contributed by atoms with Gasteiger partial charge in [-0.2, -0.15) is 0 Å². The van der Waals surface area contributed by atoms with Crippen LogP contribution >= 0.6 is 29.5 Å². The van der Waals surface area contributed by atoms with Crippen LogP contribution in [0.1, 0.15) is 4.88 Å². The Morgan fingerprint density at radius 2 is 2.18 bits per heavy atom. The van der Waals surface area contributed by atoms with Crippen molar-refractivity contribution in [3.63, 3.8) is 0 Å². The highest BCUT2D eigenvalue weighted by molar-refractivity contribution is 7.22. The van der Waals surface area contributed by atoms with Crippen molar-refractivity contribution in [2.24, 2.45) is 0 Å². The molecule has 1 N–H and O–H groups in total. The van der Waals surface area contributed by atoms with E-state index in [2.05, 4.69) is 0 Å². The van der Waals surface area contributed by atoms with Gasteiger partial charge in [0.05, 0.1) is 0 Å². The second-order valence-corrected chi connectivity index (χ2v) is 5.31. The molecule has 0 bridgehead atoms. The van der Waals surface area contributed by atoms with Gasteiger partial charge in [0.1, 0.15) is 0 Å². The third-order valence-electron chi connectivity index (χ3n) is 0.938. The van der Waals surface area contributed by atoms with E-state index in [1.807, 2.05) is 17.5 Å². The van der Waals surface area contributed by atoms with Crippen molar-refractivity contribution in [2.75, 3.05) is 6.61 Å². The number of halogens is 2. The lowest BCUT2D eigenvalue weighted by molar-refractivity contribution is 0.300. The van der Waals surface area contributed by atoms with Gasteiger partial charge in [0, 0.05) is 17.9 Å². The van der Waals surface area contributed by atoms with Gasteiger partial charge < -0.3 is 23.2 Å². The van der Waals surface area contributed by atoms with Gasteiger partial charge in [-0.1, -0.05) is 6.07 Å². The molecule has 0 fully saturated rings. The predicted molar refractivity (Wildman–Crippen MR) is 52.6 cm³/mol. The van der Waals surface area contributed by atoms with Crippen LogP contribution in [-0.2, 0) is 6.42 Å². The van der Waals surface area contributed by atoms with Gasteiger partial charge in [-0.15, -0.1) is 11.3 Å². The molecular weight excluding hydrogens is 215 g/mol. The minimum absolute atomic E-state index is 0.264. The third kappa shape index (κ3) is 7.37. The van der Waals surface area contributed by atoms with Crippen LogP contribution in [0.3, 0.4) is 0 Å². The molecule has 0 amide bonds. The molecule has 0 aromatic carbocycles. The highest BCUT2D eigenvalue weighted by Crippen LogP contribution is 2.07. The van der Waals surface area contributed by atoms with E-state index in [9.17, 15) is 0 Å². The smallest absolute Gasteiger partial charge is 0.396 e. The maximum atomic E-state index is 8.44. The molecular formula is C6H8Cl2MgOS. The van der Waals surface area contributed by atoms with Crippen LogP contribution in [0.2, 0.25) is 0 Å². The number of hydrogen-bond donors (Lipinski definition) is 1. The van der Waals surface area contributed by atoms with E-state index >= 15 is 0 Å². The summed E-state index contributed by atoms with van der Waals surface area (Å²) < 4.78 is 0. The molecule has 0 unspecified atom stereocenters. The predicted octanol–water partition coefficient (Wildman–Crippen LogP) is 2.28. The van der Waals surface area contributed by atoms with E-state index < -0.39 is 18.2 Å². The summed E-state index contributed by atoms with van der Waals surface area (Å²) in [6, 6.07) is 4.02. The van der Waals surface area contributed by atoms with Crippen LogP contribution in [0.5, 0.6) is 0 Å². The Hall–Kier alpha value is 1.01. The van der Waals surface area contributed by atoms with Gasteiger partial charge in [0.25, 0.3) is 0 Å². The minimum atomic E-state index is -0.639. The van der Waals surface area contributed by atoms with Crippen LogP contribution < -0.4 is 0 Å². The van der Waals surface area contributed by atoms with Gasteiger partial charge >= 0.3 is 18.2 Å². The molecule has 0 radical (unpaired) electrons.